The van der Waals surface area contributed by atoms with Gasteiger partial charge < -0.3 is 4.42 Å². The van der Waals surface area contributed by atoms with Crippen molar-refractivity contribution in [1.82, 2.24) is 10.4 Å². The quantitative estimate of drug-likeness (QED) is 0.570. The van der Waals surface area contributed by atoms with Crippen molar-refractivity contribution in [2.45, 2.75) is 13.0 Å². The monoisotopic (exact) mass is 331 g/mol. The summed E-state index contributed by atoms with van der Waals surface area (Å²) >= 11 is 3.46. The van der Waals surface area contributed by atoms with Crippen LogP contribution >= 0.6 is 15.9 Å². The van der Waals surface area contributed by atoms with Crippen molar-refractivity contribution in [2.75, 3.05) is 0 Å². The first-order valence-corrected chi connectivity index (χ1v) is 7.05. The first kappa shape index (κ1) is 13.3. The highest BCUT2D eigenvalue weighted by Gasteiger charge is 2.21. The Labute approximate surface area is 125 Å². The third-order valence-electron chi connectivity index (χ3n) is 3.31. The summed E-state index contributed by atoms with van der Waals surface area (Å²) in [5.41, 5.74) is 5.71. The van der Waals surface area contributed by atoms with Crippen LogP contribution in [0.4, 0.5) is 0 Å². The highest BCUT2D eigenvalue weighted by atomic mass is 79.9. The van der Waals surface area contributed by atoms with Crippen LogP contribution in [0, 0.1) is 6.92 Å². The minimum atomic E-state index is -0.289. The lowest BCUT2D eigenvalue weighted by atomic mass is 10.0. The average molecular weight is 332 g/mol. The van der Waals surface area contributed by atoms with E-state index in [2.05, 4.69) is 39.3 Å². The standard InChI is InChI=1S/C15H14BrN3O/c1-9-8-13(18-12-5-3-2-4-10(9)12)14(19-17)15-11(16)6-7-20-15/h2-8,14,19H,17H2,1H3. The smallest absolute Gasteiger partial charge is 0.142 e. The molecule has 0 aliphatic carbocycles. The van der Waals surface area contributed by atoms with Gasteiger partial charge in [0.15, 0.2) is 0 Å². The number of hydrogen-bond donors (Lipinski definition) is 2. The molecule has 3 rings (SSSR count). The van der Waals surface area contributed by atoms with Crippen LogP contribution in [-0.4, -0.2) is 4.98 Å². The predicted octanol–water partition coefficient (Wildman–Crippen LogP) is 3.45. The second kappa shape index (κ2) is 5.36. The molecule has 0 fully saturated rings. The Balaban J connectivity index is 2.15. The molecule has 0 amide bonds. The largest absolute Gasteiger partial charge is 0.466 e. The number of halogens is 1. The molecule has 2 heterocycles. The van der Waals surface area contributed by atoms with Crippen LogP contribution in [0.1, 0.15) is 23.1 Å². The second-order valence-electron chi connectivity index (χ2n) is 4.61. The van der Waals surface area contributed by atoms with Gasteiger partial charge >= 0.3 is 0 Å². The van der Waals surface area contributed by atoms with Crippen LogP contribution in [0.25, 0.3) is 10.9 Å². The number of aromatic nitrogens is 1. The van der Waals surface area contributed by atoms with Gasteiger partial charge in [-0.15, -0.1) is 0 Å². The number of para-hydroxylation sites is 1. The van der Waals surface area contributed by atoms with Crippen LogP contribution in [0.3, 0.4) is 0 Å². The molecule has 2 aromatic heterocycles. The number of benzene rings is 1. The van der Waals surface area contributed by atoms with Gasteiger partial charge in [0.25, 0.3) is 0 Å². The zero-order valence-corrected chi connectivity index (χ0v) is 12.5. The van der Waals surface area contributed by atoms with Gasteiger partial charge in [0, 0.05) is 5.39 Å². The van der Waals surface area contributed by atoms with Gasteiger partial charge in [-0.05, 0) is 46.6 Å². The number of fused-ring (bicyclic) bond motifs is 1. The zero-order valence-electron chi connectivity index (χ0n) is 10.9. The molecule has 3 aromatic rings. The normalized spacial score (nSPS) is 12.8. The predicted molar refractivity (Wildman–Crippen MR) is 82.1 cm³/mol. The molecule has 102 valence electrons. The minimum absolute atomic E-state index is 0.289. The average Bonchev–Trinajstić information content (AvgIpc) is 2.86. The fraction of sp³-hybridized carbons (Fsp3) is 0.133. The van der Waals surface area contributed by atoms with Crippen LogP contribution in [-0.2, 0) is 0 Å². The van der Waals surface area contributed by atoms with Crippen molar-refractivity contribution in [3.63, 3.8) is 0 Å². The Morgan fingerprint density at radius 3 is 2.80 bits per heavy atom. The molecule has 0 aliphatic heterocycles. The molecule has 0 saturated heterocycles. The molecule has 0 bridgehead atoms. The number of nitrogens with two attached hydrogens (primary N) is 1. The highest BCUT2D eigenvalue weighted by Crippen LogP contribution is 2.30. The fourth-order valence-electron chi connectivity index (χ4n) is 2.33. The van der Waals surface area contributed by atoms with Crippen LogP contribution in [0.5, 0.6) is 0 Å². The Morgan fingerprint density at radius 2 is 2.10 bits per heavy atom. The van der Waals surface area contributed by atoms with E-state index in [0.717, 1.165) is 32.4 Å². The fourth-order valence-corrected chi connectivity index (χ4v) is 2.76. The van der Waals surface area contributed by atoms with E-state index in [4.69, 9.17) is 10.3 Å². The van der Waals surface area contributed by atoms with Crippen molar-refractivity contribution < 1.29 is 4.42 Å². The van der Waals surface area contributed by atoms with E-state index in [1.54, 1.807) is 6.26 Å². The van der Waals surface area contributed by atoms with Crippen molar-refractivity contribution in [2.24, 2.45) is 5.84 Å². The lowest BCUT2D eigenvalue weighted by Gasteiger charge is -2.15. The van der Waals surface area contributed by atoms with Gasteiger partial charge in [-0.1, -0.05) is 18.2 Å². The molecule has 0 saturated carbocycles. The molecule has 1 aromatic carbocycles. The van der Waals surface area contributed by atoms with Gasteiger partial charge in [0.05, 0.1) is 21.9 Å². The lowest BCUT2D eigenvalue weighted by molar-refractivity contribution is 0.445. The van der Waals surface area contributed by atoms with Gasteiger partial charge in [-0.2, -0.15) is 0 Å². The molecule has 1 atom stereocenters. The van der Waals surface area contributed by atoms with Crippen molar-refractivity contribution >= 4 is 26.8 Å². The number of furan rings is 1. The molecule has 0 spiro atoms. The topological polar surface area (TPSA) is 64.1 Å². The third kappa shape index (κ3) is 2.24. The van der Waals surface area contributed by atoms with Crippen LogP contribution in [0.2, 0.25) is 0 Å². The lowest BCUT2D eigenvalue weighted by Crippen LogP contribution is -2.29. The van der Waals surface area contributed by atoms with E-state index in [1.807, 2.05) is 30.3 Å². The van der Waals surface area contributed by atoms with Gasteiger partial charge in [-0.3, -0.25) is 10.8 Å². The Hall–Kier alpha value is -1.69. The summed E-state index contributed by atoms with van der Waals surface area (Å²) < 4.78 is 6.36. The number of hydrogen-bond acceptors (Lipinski definition) is 4. The van der Waals surface area contributed by atoms with Crippen LogP contribution < -0.4 is 11.3 Å². The molecule has 20 heavy (non-hydrogen) atoms. The first-order chi connectivity index (χ1) is 9.70. The molecule has 1 unspecified atom stereocenters. The summed E-state index contributed by atoms with van der Waals surface area (Å²) in [6.07, 6.45) is 1.62. The van der Waals surface area contributed by atoms with Gasteiger partial charge in [0.2, 0.25) is 0 Å². The summed E-state index contributed by atoms with van der Waals surface area (Å²) in [4.78, 5) is 4.68. The Morgan fingerprint density at radius 1 is 1.30 bits per heavy atom. The Kier molecular flexibility index (Phi) is 3.56. The molecule has 3 N–H and O–H groups in total. The van der Waals surface area contributed by atoms with Crippen LogP contribution in [0.15, 0.2) is 51.6 Å². The van der Waals surface area contributed by atoms with Crippen molar-refractivity contribution in [3.05, 3.63) is 64.2 Å². The maximum absolute atomic E-state index is 5.69. The zero-order chi connectivity index (χ0) is 14.1. The third-order valence-corrected chi connectivity index (χ3v) is 3.97. The van der Waals surface area contributed by atoms with E-state index in [9.17, 15) is 0 Å². The molecular formula is C15H14BrN3O. The van der Waals surface area contributed by atoms with E-state index in [-0.39, 0.29) is 6.04 Å². The van der Waals surface area contributed by atoms with Crippen molar-refractivity contribution in [1.29, 1.82) is 0 Å². The number of hydrazine groups is 1. The van der Waals surface area contributed by atoms with Crippen molar-refractivity contribution in [3.8, 4) is 0 Å². The molecule has 5 heteroatoms. The number of aryl methyl sites for hydroxylation is 1. The number of pyridine rings is 1. The highest BCUT2D eigenvalue weighted by molar-refractivity contribution is 9.10. The summed E-state index contributed by atoms with van der Waals surface area (Å²) in [5, 5.41) is 1.14. The van der Waals surface area contributed by atoms with E-state index in [0.29, 0.717) is 0 Å². The summed E-state index contributed by atoms with van der Waals surface area (Å²) in [6, 6.07) is 11.6. The summed E-state index contributed by atoms with van der Waals surface area (Å²) in [7, 11) is 0. The molecular weight excluding hydrogens is 318 g/mol. The van der Waals surface area contributed by atoms with E-state index < -0.39 is 0 Å². The molecule has 0 radical (unpaired) electrons. The van der Waals surface area contributed by atoms with E-state index in [1.165, 1.54) is 0 Å². The number of rotatable bonds is 3. The van der Waals surface area contributed by atoms with Gasteiger partial charge in [0.1, 0.15) is 11.8 Å². The van der Waals surface area contributed by atoms with Gasteiger partial charge in [-0.25, -0.2) is 5.43 Å². The van der Waals surface area contributed by atoms with E-state index >= 15 is 0 Å². The maximum atomic E-state index is 5.69. The summed E-state index contributed by atoms with van der Waals surface area (Å²) in [6.45, 7) is 2.07. The minimum Gasteiger partial charge on any atom is -0.466 e. The Bertz CT molecular complexity index is 754. The SMILES string of the molecule is Cc1cc(C(NN)c2occc2Br)nc2ccccc12. The summed E-state index contributed by atoms with van der Waals surface area (Å²) in [5.74, 6) is 6.41. The molecule has 0 aliphatic rings. The second-order valence-corrected chi connectivity index (χ2v) is 5.47. The first-order valence-electron chi connectivity index (χ1n) is 6.26. The number of nitrogens with zero attached hydrogens (tertiary/aromatic N) is 1. The number of nitrogens with one attached hydrogen (secondary N) is 1. The molecule has 4 nitrogen and oxygen atoms in total. The maximum Gasteiger partial charge on any atom is 0.142 e.